The molecular formula is C9H9IO2S. The number of rotatable bonds is 3. The fraction of sp³-hybridized carbons (Fsp3) is 0.222. The number of halogens is 1. The van der Waals surface area contributed by atoms with Crippen molar-refractivity contribution in [3.8, 4) is 0 Å². The lowest BCUT2D eigenvalue weighted by Crippen LogP contribution is -2.00. The first-order valence-electron chi connectivity index (χ1n) is 3.65. The summed E-state index contributed by atoms with van der Waals surface area (Å²) in [7, 11) is 0. The van der Waals surface area contributed by atoms with Crippen molar-refractivity contribution in [2.24, 2.45) is 0 Å². The van der Waals surface area contributed by atoms with Crippen LogP contribution in [0, 0.1) is 0 Å². The highest BCUT2D eigenvalue weighted by Gasteiger charge is 2.09. The predicted molar refractivity (Wildman–Crippen MR) is 62.9 cm³/mol. The topological polar surface area (TPSA) is 37.3 Å². The van der Waals surface area contributed by atoms with E-state index in [2.05, 4.69) is 22.6 Å². The molecule has 0 unspecified atom stereocenters. The Bertz CT molecular complexity index is 325. The fourth-order valence-electron chi connectivity index (χ4n) is 0.998. The molecule has 4 heteroatoms. The van der Waals surface area contributed by atoms with Crippen LogP contribution < -0.4 is 0 Å². The van der Waals surface area contributed by atoms with E-state index < -0.39 is 5.97 Å². The van der Waals surface area contributed by atoms with Gasteiger partial charge < -0.3 is 5.11 Å². The van der Waals surface area contributed by atoms with Gasteiger partial charge >= 0.3 is 5.97 Å². The lowest BCUT2D eigenvalue weighted by atomic mass is 10.1. The molecule has 0 fully saturated rings. The van der Waals surface area contributed by atoms with Crippen molar-refractivity contribution in [1.82, 2.24) is 0 Å². The summed E-state index contributed by atoms with van der Waals surface area (Å²) in [5.41, 5.74) is 1.30. The molecule has 0 aliphatic heterocycles. The quantitative estimate of drug-likeness (QED) is 0.530. The molecule has 0 bridgehead atoms. The molecule has 0 saturated heterocycles. The van der Waals surface area contributed by atoms with Crippen molar-refractivity contribution in [2.75, 3.05) is 6.26 Å². The Hall–Kier alpha value is -0.230. The number of benzene rings is 1. The summed E-state index contributed by atoms with van der Waals surface area (Å²) in [5.74, 6) is -0.845. The van der Waals surface area contributed by atoms with Crippen LogP contribution in [0.4, 0.5) is 0 Å². The Labute approximate surface area is 94.9 Å². The lowest BCUT2D eigenvalue weighted by molar-refractivity contribution is 0.0696. The number of thioether (sulfide) groups is 1. The van der Waals surface area contributed by atoms with Crippen LogP contribution in [0.15, 0.2) is 23.1 Å². The van der Waals surface area contributed by atoms with Gasteiger partial charge in [0.25, 0.3) is 0 Å². The van der Waals surface area contributed by atoms with Gasteiger partial charge in [-0.15, -0.1) is 11.8 Å². The molecule has 2 nitrogen and oxygen atoms in total. The summed E-state index contributed by atoms with van der Waals surface area (Å²) in [6.45, 7) is 0. The average molecular weight is 308 g/mol. The molecule has 0 aliphatic rings. The van der Waals surface area contributed by atoms with Gasteiger partial charge in [-0.25, -0.2) is 4.79 Å². The molecule has 0 spiro atoms. The van der Waals surface area contributed by atoms with Gasteiger partial charge in [-0.05, 0) is 24.0 Å². The number of alkyl halides is 1. The minimum absolute atomic E-state index is 0.418. The van der Waals surface area contributed by atoms with Crippen molar-refractivity contribution in [1.29, 1.82) is 0 Å². The fourth-order valence-corrected chi connectivity index (χ4v) is 2.10. The maximum Gasteiger partial charge on any atom is 0.336 e. The van der Waals surface area contributed by atoms with Crippen molar-refractivity contribution >= 4 is 40.3 Å². The summed E-state index contributed by atoms with van der Waals surface area (Å²) < 4.78 is 0.730. The molecule has 1 aromatic carbocycles. The van der Waals surface area contributed by atoms with Gasteiger partial charge in [0.05, 0.1) is 5.56 Å². The zero-order valence-electron chi connectivity index (χ0n) is 7.08. The van der Waals surface area contributed by atoms with E-state index in [0.717, 1.165) is 14.9 Å². The molecule has 13 heavy (non-hydrogen) atoms. The Kier molecular flexibility index (Phi) is 4.05. The van der Waals surface area contributed by atoms with Crippen molar-refractivity contribution in [3.05, 3.63) is 29.3 Å². The summed E-state index contributed by atoms with van der Waals surface area (Å²) >= 11 is 3.72. The number of aromatic carboxylic acids is 1. The molecule has 0 radical (unpaired) electrons. The van der Waals surface area contributed by atoms with E-state index in [-0.39, 0.29) is 0 Å². The largest absolute Gasteiger partial charge is 0.478 e. The Morgan fingerprint density at radius 1 is 1.62 bits per heavy atom. The second-order valence-corrected chi connectivity index (χ2v) is 4.10. The number of carboxylic acids is 1. The molecule has 0 atom stereocenters. The lowest BCUT2D eigenvalue weighted by Gasteiger charge is -2.04. The highest BCUT2D eigenvalue weighted by atomic mass is 127. The molecule has 1 N–H and O–H groups in total. The second-order valence-electron chi connectivity index (χ2n) is 2.46. The van der Waals surface area contributed by atoms with E-state index >= 15 is 0 Å². The summed E-state index contributed by atoms with van der Waals surface area (Å²) in [6.07, 6.45) is 1.94. The van der Waals surface area contributed by atoms with Gasteiger partial charge in [-0.3, -0.25) is 0 Å². The van der Waals surface area contributed by atoms with Crippen molar-refractivity contribution < 1.29 is 9.90 Å². The maximum absolute atomic E-state index is 10.8. The summed E-state index contributed by atoms with van der Waals surface area (Å²) in [5, 5.41) is 8.90. The zero-order chi connectivity index (χ0) is 9.84. The van der Waals surface area contributed by atoms with E-state index in [0.29, 0.717) is 5.56 Å². The van der Waals surface area contributed by atoms with Crippen LogP contribution in [-0.4, -0.2) is 17.3 Å². The summed E-state index contributed by atoms with van der Waals surface area (Å²) in [6, 6.07) is 5.55. The van der Waals surface area contributed by atoms with E-state index in [1.807, 2.05) is 18.4 Å². The number of carboxylic acid groups (broad SMARTS) is 1. The van der Waals surface area contributed by atoms with Crippen LogP contribution in [0.25, 0.3) is 0 Å². The van der Waals surface area contributed by atoms with Gasteiger partial charge in [-0.1, -0.05) is 28.7 Å². The van der Waals surface area contributed by atoms with E-state index in [4.69, 9.17) is 5.11 Å². The first-order valence-corrected chi connectivity index (χ1v) is 6.40. The third kappa shape index (κ3) is 2.60. The molecule has 0 aromatic heterocycles. The van der Waals surface area contributed by atoms with Crippen LogP contribution in [0.5, 0.6) is 0 Å². The second kappa shape index (κ2) is 4.85. The smallest absolute Gasteiger partial charge is 0.336 e. The van der Waals surface area contributed by atoms with E-state index in [1.54, 1.807) is 17.8 Å². The maximum atomic E-state index is 10.8. The molecule has 0 saturated carbocycles. The van der Waals surface area contributed by atoms with Crippen LogP contribution in [0.2, 0.25) is 0 Å². The monoisotopic (exact) mass is 308 g/mol. The van der Waals surface area contributed by atoms with Crippen molar-refractivity contribution in [3.63, 3.8) is 0 Å². The minimum Gasteiger partial charge on any atom is -0.478 e. The highest BCUT2D eigenvalue weighted by Crippen LogP contribution is 2.21. The first-order chi connectivity index (χ1) is 6.19. The zero-order valence-corrected chi connectivity index (χ0v) is 10.1. The highest BCUT2D eigenvalue weighted by molar-refractivity contribution is 14.1. The van der Waals surface area contributed by atoms with E-state index in [1.165, 1.54) is 0 Å². The molecule has 0 amide bonds. The molecular weight excluding hydrogens is 299 g/mol. The van der Waals surface area contributed by atoms with Crippen LogP contribution in [-0.2, 0) is 4.43 Å². The molecule has 0 heterocycles. The van der Waals surface area contributed by atoms with E-state index in [9.17, 15) is 4.79 Å². The molecule has 70 valence electrons. The van der Waals surface area contributed by atoms with Gasteiger partial charge in [0.15, 0.2) is 0 Å². The SMILES string of the molecule is CSc1ccc(CI)c(C(=O)O)c1. The summed E-state index contributed by atoms with van der Waals surface area (Å²) in [4.78, 5) is 11.8. The normalized spacial score (nSPS) is 10.0. The van der Waals surface area contributed by atoms with Crippen LogP contribution in [0.3, 0.4) is 0 Å². The number of hydrogen-bond donors (Lipinski definition) is 1. The Morgan fingerprint density at radius 3 is 2.77 bits per heavy atom. The molecule has 1 rings (SSSR count). The van der Waals surface area contributed by atoms with Gasteiger partial charge in [-0.2, -0.15) is 0 Å². The third-order valence-electron chi connectivity index (χ3n) is 1.69. The molecule has 0 aliphatic carbocycles. The van der Waals surface area contributed by atoms with Crippen LogP contribution >= 0.6 is 34.4 Å². The number of hydrogen-bond acceptors (Lipinski definition) is 2. The minimum atomic E-state index is -0.845. The Morgan fingerprint density at radius 2 is 2.31 bits per heavy atom. The first kappa shape index (κ1) is 10.8. The average Bonchev–Trinajstić information content (AvgIpc) is 2.16. The molecule has 1 aromatic rings. The van der Waals surface area contributed by atoms with Crippen molar-refractivity contribution in [2.45, 2.75) is 9.32 Å². The van der Waals surface area contributed by atoms with Gasteiger partial charge in [0.1, 0.15) is 0 Å². The predicted octanol–water partition coefficient (Wildman–Crippen LogP) is 3.04. The van der Waals surface area contributed by atoms with Gasteiger partial charge in [0.2, 0.25) is 0 Å². The standard InChI is InChI=1S/C9H9IO2S/c1-13-7-3-2-6(5-10)8(4-7)9(11)12/h2-4H,5H2,1H3,(H,11,12). The van der Waals surface area contributed by atoms with Crippen LogP contribution in [0.1, 0.15) is 15.9 Å². The number of carbonyl (C=O) groups is 1. The third-order valence-corrected chi connectivity index (χ3v) is 3.24. The van der Waals surface area contributed by atoms with Gasteiger partial charge in [0, 0.05) is 9.32 Å². The Balaban J connectivity index is 3.18.